The second-order valence-electron chi connectivity index (χ2n) is 8.70. The van der Waals surface area contributed by atoms with E-state index in [1.165, 1.54) is 5.56 Å². The van der Waals surface area contributed by atoms with Crippen molar-refractivity contribution in [1.82, 2.24) is 14.7 Å². The van der Waals surface area contributed by atoms with Crippen molar-refractivity contribution in [3.63, 3.8) is 0 Å². The summed E-state index contributed by atoms with van der Waals surface area (Å²) in [6, 6.07) is 17.2. The molecule has 7 nitrogen and oxygen atoms in total. The molecule has 2 aliphatic heterocycles. The summed E-state index contributed by atoms with van der Waals surface area (Å²) in [7, 11) is 0. The summed E-state index contributed by atoms with van der Waals surface area (Å²) in [6.07, 6.45) is 1.30. The van der Waals surface area contributed by atoms with Gasteiger partial charge in [0.25, 0.3) is 0 Å². The van der Waals surface area contributed by atoms with Crippen LogP contribution >= 0.6 is 0 Å². The van der Waals surface area contributed by atoms with Gasteiger partial charge >= 0.3 is 0 Å². The van der Waals surface area contributed by atoms with E-state index in [2.05, 4.69) is 39.4 Å². The molecule has 2 saturated heterocycles. The molecular formula is C25H32N4O3. The number of phenols is 1. The van der Waals surface area contributed by atoms with Crippen LogP contribution in [-0.2, 0) is 16.1 Å². The SMILES string of the molecule is O=C(Nc1ccccc1O)C1CCN(C(=O)CN2CCN(Cc3ccccc3)CC2)CC1. The number of benzene rings is 2. The number of hydrogen-bond acceptors (Lipinski definition) is 5. The number of rotatable bonds is 6. The van der Waals surface area contributed by atoms with Crippen molar-refractivity contribution in [3.05, 3.63) is 60.2 Å². The minimum atomic E-state index is -0.139. The Labute approximate surface area is 189 Å². The molecule has 0 aromatic heterocycles. The molecule has 2 aromatic carbocycles. The van der Waals surface area contributed by atoms with Gasteiger partial charge in [0.2, 0.25) is 11.8 Å². The number of aromatic hydroxyl groups is 1. The molecule has 4 rings (SSSR count). The quantitative estimate of drug-likeness (QED) is 0.680. The van der Waals surface area contributed by atoms with Crippen LogP contribution in [0.2, 0.25) is 0 Å². The minimum absolute atomic E-state index is 0.0670. The Morgan fingerprint density at radius 2 is 1.47 bits per heavy atom. The molecule has 0 atom stereocenters. The van der Waals surface area contributed by atoms with E-state index in [-0.39, 0.29) is 23.5 Å². The van der Waals surface area contributed by atoms with Crippen molar-refractivity contribution >= 4 is 17.5 Å². The Bertz CT molecular complexity index is 904. The molecule has 2 aliphatic rings. The summed E-state index contributed by atoms with van der Waals surface area (Å²) in [4.78, 5) is 31.9. The summed E-state index contributed by atoms with van der Waals surface area (Å²) in [5, 5.41) is 12.6. The molecule has 0 saturated carbocycles. The average Bonchev–Trinajstić information content (AvgIpc) is 2.82. The zero-order valence-corrected chi connectivity index (χ0v) is 18.4. The van der Waals surface area contributed by atoms with E-state index in [0.717, 1.165) is 32.7 Å². The molecule has 2 N–H and O–H groups in total. The molecule has 0 bridgehead atoms. The number of anilines is 1. The third kappa shape index (κ3) is 5.87. The number of nitrogens with one attached hydrogen (secondary N) is 1. The van der Waals surface area contributed by atoms with Crippen LogP contribution in [0.5, 0.6) is 5.75 Å². The van der Waals surface area contributed by atoms with Gasteiger partial charge in [-0.25, -0.2) is 0 Å². The number of piperazine rings is 1. The van der Waals surface area contributed by atoms with Crippen molar-refractivity contribution in [2.45, 2.75) is 19.4 Å². The Morgan fingerprint density at radius 1 is 0.844 bits per heavy atom. The molecule has 7 heteroatoms. The third-order valence-corrected chi connectivity index (χ3v) is 6.45. The van der Waals surface area contributed by atoms with E-state index in [1.54, 1.807) is 24.3 Å². The van der Waals surface area contributed by atoms with E-state index in [0.29, 0.717) is 38.2 Å². The lowest BCUT2D eigenvalue weighted by molar-refractivity contribution is -0.136. The minimum Gasteiger partial charge on any atom is -0.506 e. The summed E-state index contributed by atoms with van der Waals surface area (Å²) < 4.78 is 0. The number of amides is 2. The molecule has 0 unspecified atom stereocenters. The van der Waals surface area contributed by atoms with E-state index in [9.17, 15) is 14.7 Å². The number of carbonyl (C=O) groups excluding carboxylic acids is 2. The second kappa shape index (κ2) is 10.6. The van der Waals surface area contributed by atoms with Crippen molar-refractivity contribution < 1.29 is 14.7 Å². The first kappa shape index (κ1) is 22.3. The fourth-order valence-electron chi connectivity index (χ4n) is 4.44. The summed E-state index contributed by atoms with van der Waals surface area (Å²) >= 11 is 0. The van der Waals surface area contributed by atoms with Crippen LogP contribution < -0.4 is 5.32 Å². The highest BCUT2D eigenvalue weighted by atomic mass is 16.3. The van der Waals surface area contributed by atoms with Crippen LogP contribution in [0.3, 0.4) is 0 Å². The van der Waals surface area contributed by atoms with Gasteiger partial charge in [-0.2, -0.15) is 0 Å². The van der Waals surface area contributed by atoms with Gasteiger partial charge in [0.1, 0.15) is 5.75 Å². The van der Waals surface area contributed by atoms with Gasteiger partial charge in [-0.3, -0.25) is 19.4 Å². The maximum Gasteiger partial charge on any atom is 0.236 e. The highest BCUT2D eigenvalue weighted by Gasteiger charge is 2.29. The van der Waals surface area contributed by atoms with Gasteiger partial charge in [0.05, 0.1) is 12.2 Å². The van der Waals surface area contributed by atoms with Crippen LogP contribution in [0.25, 0.3) is 0 Å². The molecule has 0 spiro atoms. The monoisotopic (exact) mass is 436 g/mol. The van der Waals surface area contributed by atoms with Gasteiger partial charge in [0, 0.05) is 51.7 Å². The molecule has 2 amide bonds. The largest absolute Gasteiger partial charge is 0.506 e. The van der Waals surface area contributed by atoms with Gasteiger partial charge in [-0.05, 0) is 30.5 Å². The topological polar surface area (TPSA) is 76.1 Å². The molecule has 32 heavy (non-hydrogen) atoms. The van der Waals surface area contributed by atoms with E-state index >= 15 is 0 Å². The van der Waals surface area contributed by atoms with Crippen LogP contribution in [0.15, 0.2) is 54.6 Å². The van der Waals surface area contributed by atoms with Gasteiger partial charge in [0.15, 0.2) is 0 Å². The number of nitrogens with zero attached hydrogens (tertiary/aromatic N) is 3. The molecule has 2 fully saturated rings. The number of para-hydroxylation sites is 2. The number of phenolic OH excluding ortho intramolecular Hbond substituents is 1. The van der Waals surface area contributed by atoms with Crippen LogP contribution in [0.1, 0.15) is 18.4 Å². The van der Waals surface area contributed by atoms with Crippen LogP contribution in [0.4, 0.5) is 5.69 Å². The Hall–Kier alpha value is -2.90. The Balaban J connectivity index is 1.17. The predicted octanol–water partition coefficient (Wildman–Crippen LogP) is 2.39. The maximum absolute atomic E-state index is 12.8. The first-order valence-electron chi connectivity index (χ1n) is 11.4. The Morgan fingerprint density at radius 3 is 2.16 bits per heavy atom. The van der Waals surface area contributed by atoms with Crippen LogP contribution in [-0.4, -0.2) is 77.4 Å². The van der Waals surface area contributed by atoms with Gasteiger partial charge in [-0.1, -0.05) is 42.5 Å². The van der Waals surface area contributed by atoms with E-state index in [1.807, 2.05) is 11.0 Å². The zero-order valence-electron chi connectivity index (χ0n) is 18.4. The highest BCUT2D eigenvalue weighted by molar-refractivity contribution is 5.94. The van der Waals surface area contributed by atoms with Crippen molar-refractivity contribution in [2.75, 3.05) is 51.1 Å². The molecule has 0 radical (unpaired) electrons. The molecule has 0 aliphatic carbocycles. The molecule has 2 aromatic rings. The molecule has 2 heterocycles. The molecular weight excluding hydrogens is 404 g/mol. The summed E-state index contributed by atoms with van der Waals surface area (Å²) in [5.74, 6) is -0.00766. The zero-order chi connectivity index (χ0) is 22.3. The first-order chi connectivity index (χ1) is 15.6. The smallest absolute Gasteiger partial charge is 0.236 e. The fourth-order valence-corrected chi connectivity index (χ4v) is 4.44. The average molecular weight is 437 g/mol. The fraction of sp³-hybridized carbons (Fsp3) is 0.440. The summed E-state index contributed by atoms with van der Waals surface area (Å²) in [6.45, 7) is 6.35. The summed E-state index contributed by atoms with van der Waals surface area (Å²) in [5.41, 5.74) is 1.76. The number of carbonyl (C=O) groups is 2. The third-order valence-electron chi connectivity index (χ3n) is 6.45. The second-order valence-corrected chi connectivity index (χ2v) is 8.70. The standard InChI is InChI=1S/C25H32N4O3/c30-23-9-5-4-8-22(23)26-25(32)21-10-12-29(13-11-21)24(31)19-28-16-14-27(15-17-28)18-20-6-2-1-3-7-20/h1-9,21,30H,10-19H2,(H,26,32). The van der Waals surface area contributed by atoms with Gasteiger partial charge < -0.3 is 15.3 Å². The first-order valence-corrected chi connectivity index (χ1v) is 11.4. The number of hydrogen-bond donors (Lipinski definition) is 2. The lowest BCUT2D eigenvalue weighted by Crippen LogP contribution is -2.51. The highest BCUT2D eigenvalue weighted by Crippen LogP contribution is 2.25. The van der Waals surface area contributed by atoms with E-state index in [4.69, 9.17) is 0 Å². The van der Waals surface area contributed by atoms with Crippen molar-refractivity contribution in [2.24, 2.45) is 5.92 Å². The van der Waals surface area contributed by atoms with Crippen molar-refractivity contribution in [1.29, 1.82) is 0 Å². The number of likely N-dealkylation sites (tertiary alicyclic amines) is 1. The number of piperidine rings is 1. The lowest BCUT2D eigenvalue weighted by Gasteiger charge is -2.37. The van der Waals surface area contributed by atoms with Crippen molar-refractivity contribution in [3.8, 4) is 5.75 Å². The van der Waals surface area contributed by atoms with Gasteiger partial charge in [-0.15, -0.1) is 0 Å². The maximum atomic E-state index is 12.8. The Kier molecular flexibility index (Phi) is 7.39. The van der Waals surface area contributed by atoms with E-state index < -0.39 is 0 Å². The molecule has 170 valence electrons. The lowest BCUT2D eigenvalue weighted by atomic mass is 9.95. The predicted molar refractivity (Wildman–Crippen MR) is 124 cm³/mol. The van der Waals surface area contributed by atoms with Crippen LogP contribution in [0, 0.1) is 5.92 Å². The normalized spacial score (nSPS) is 18.4.